The fraction of sp³-hybridized carbons (Fsp3) is 0.190. The smallest absolute Gasteiger partial charge is 0.407 e. The largest absolute Gasteiger partial charge is 0.465 e. The van der Waals surface area contributed by atoms with E-state index in [-0.39, 0.29) is 19.7 Å². The number of carbonyl (C=O) groups is 2. The number of carbonyl (C=O) groups excluding carboxylic acids is 1. The van der Waals surface area contributed by atoms with E-state index in [9.17, 15) is 24.2 Å². The number of carboxylic acid groups (broad SMARTS) is 1. The van der Waals surface area contributed by atoms with Crippen LogP contribution in [0.15, 0.2) is 55.4 Å². The Labute approximate surface area is 176 Å². The maximum absolute atomic E-state index is 13.9. The number of hydrogen-bond donors (Lipinski definition) is 3. The molecular formula is C21H20FN3O4S. The molecule has 156 valence electrons. The molecule has 1 atom stereocenters. The van der Waals surface area contributed by atoms with Gasteiger partial charge in [0.1, 0.15) is 5.82 Å². The monoisotopic (exact) mass is 429 g/mol. The molecule has 0 spiro atoms. The fourth-order valence-electron chi connectivity index (χ4n) is 3.00. The van der Waals surface area contributed by atoms with E-state index in [1.54, 1.807) is 24.3 Å². The lowest BCUT2D eigenvalue weighted by atomic mass is 9.96. The quantitative estimate of drug-likeness (QED) is 0.473. The molecule has 3 N–H and O–H groups in total. The minimum Gasteiger partial charge on any atom is -0.465 e. The summed E-state index contributed by atoms with van der Waals surface area (Å²) in [5.74, 6) is -1.73. The van der Waals surface area contributed by atoms with E-state index in [0.717, 1.165) is 11.1 Å². The zero-order valence-corrected chi connectivity index (χ0v) is 16.7. The van der Waals surface area contributed by atoms with Crippen LogP contribution in [-0.4, -0.2) is 45.2 Å². The Balaban J connectivity index is 1.90. The highest BCUT2D eigenvalue weighted by Gasteiger charge is 2.26. The van der Waals surface area contributed by atoms with Crippen molar-refractivity contribution in [3.8, 4) is 0 Å². The van der Waals surface area contributed by atoms with E-state index >= 15 is 0 Å². The van der Waals surface area contributed by atoms with Crippen molar-refractivity contribution in [3.05, 3.63) is 72.3 Å². The number of fused-ring (bicyclic) bond motifs is 1. The highest BCUT2D eigenvalue weighted by Crippen LogP contribution is 2.31. The van der Waals surface area contributed by atoms with Gasteiger partial charge in [-0.15, -0.1) is 17.9 Å². The van der Waals surface area contributed by atoms with Crippen molar-refractivity contribution in [3.63, 3.8) is 0 Å². The molecule has 0 fully saturated rings. The molecule has 0 radical (unpaired) electrons. The molecule has 2 amide bonds. The number of aromatic nitrogens is 1. The highest BCUT2D eigenvalue weighted by molar-refractivity contribution is 7.22. The zero-order valence-electron chi connectivity index (χ0n) is 15.9. The lowest BCUT2D eigenvalue weighted by Crippen LogP contribution is -2.37. The molecule has 7 nitrogen and oxygen atoms in total. The number of aliphatic hydroxyl groups is 1. The van der Waals surface area contributed by atoms with Crippen LogP contribution in [0.1, 0.15) is 17.0 Å². The number of nitrogens with one attached hydrogen (secondary N) is 1. The van der Waals surface area contributed by atoms with Crippen molar-refractivity contribution in [2.45, 2.75) is 12.5 Å². The van der Waals surface area contributed by atoms with Gasteiger partial charge in [0.2, 0.25) is 5.91 Å². The molecule has 0 aliphatic carbocycles. The maximum Gasteiger partial charge on any atom is 0.407 e. The molecule has 0 aliphatic heterocycles. The molecule has 3 rings (SSSR count). The summed E-state index contributed by atoms with van der Waals surface area (Å²) < 4.78 is 14.5. The standard InChI is InChI=1S/C21H20FN3O4S/c1-2-7-25(21(28)29)11-16(14-5-3-13(12-26)4-6-14)20(27)24-19-8-15-17(22)9-23-10-18(15)30-19/h2-6,8-10,16,26H,1,7,11-12H2,(H,24,27)(H,28,29)/t16-/m1/s1. The van der Waals surface area contributed by atoms with Gasteiger partial charge in [0, 0.05) is 24.7 Å². The number of pyridine rings is 1. The lowest BCUT2D eigenvalue weighted by molar-refractivity contribution is -0.117. The summed E-state index contributed by atoms with van der Waals surface area (Å²) in [6.07, 6.45) is 2.89. The van der Waals surface area contributed by atoms with Crippen molar-refractivity contribution in [2.24, 2.45) is 0 Å². The number of aliphatic hydroxyl groups excluding tert-OH is 1. The van der Waals surface area contributed by atoms with Crippen molar-refractivity contribution in [2.75, 3.05) is 18.4 Å². The first kappa shape index (κ1) is 21.4. The highest BCUT2D eigenvalue weighted by atomic mass is 32.1. The molecule has 1 aromatic carbocycles. The average molecular weight is 429 g/mol. The van der Waals surface area contributed by atoms with Crippen molar-refractivity contribution < 1.29 is 24.2 Å². The topological polar surface area (TPSA) is 103 Å². The molecule has 0 saturated heterocycles. The molecular weight excluding hydrogens is 409 g/mol. The molecule has 2 aromatic heterocycles. The molecule has 30 heavy (non-hydrogen) atoms. The first-order valence-electron chi connectivity index (χ1n) is 9.05. The second kappa shape index (κ2) is 9.47. The number of benzene rings is 1. The average Bonchev–Trinajstić information content (AvgIpc) is 3.14. The number of halogens is 1. The van der Waals surface area contributed by atoms with Gasteiger partial charge in [0.25, 0.3) is 0 Å². The molecule has 0 saturated carbocycles. The van der Waals surface area contributed by atoms with Crippen LogP contribution in [0.3, 0.4) is 0 Å². The van der Waals surface area contributed by atoms with E-state index in [4.69, 9.17) is 0 Å². The SMILES string of the molecule is C=CCN(C[C@@H](C(=O)Nc1cc2c(F)cncc2s1)c1ccc(CO)cc1)C(=O)O. The van der Waals surface area contributed by atoms with Crippen LogP contribution in [-0.2, 0) is 11.4 Å². The predicted molar refractivity (Wildman–Crippen MR) is 113 cm³/mol. The van der Waals surface area contributed by atoms with Crippen molar-refractivity contribution in [1.29, 1.82) is 0 Å². The number of amides is 2. The zero-order chi connectivity index (χ0) is 21.7. The van der Waals surface area contributed by atoms with Crippen LogP contribution >= 0.6 is 11.3 Å². The predicted octanol–water partition coefficient (Wildman–Crippen LogP) is 3.82. The molecule has 9 heteroatoms. The second-order valence-corrected chi connectivity index (χ2v) is 7.65. The van der Waals surface area contributed by atoms with Gasteiger partial charge in [-0.2, -0.15) is 0 Å². The Kier molecular flexibility index (Phi) is 6.76. The number of rotatable bonds is 8. The Bertz CT molecular complexity index is 1070. The minimum atomic E-state index is -1.17. The number of hydrogen-bond acceptors (Lipinski definition) is 5. The van der Waals surface area contributed by atoms with Gasteiger partial charge >= 0.3 is 6.09 Å². The van der Waals surface area contributed by atoms with Gasteiger partial charge in [0.15, 0.2) is 0 Å². The molecule has 0 bridgehead atoms. The van der Waals surface area contributed by atoms with Crippen LogP contribution in [0, 0.1) is 5.82 Å². The summed E-state index contributed by atoms with van der Waals surface area (Å²) in [6, 6.07) is 8.24. The number of thiophene rings is 1. The summed E-state index contributed by atoms with van der Waals surface area (Å²) >= 11 is 1.18. The Hall–Kier alpha value is -3.30. The normalized spacial score (nSPS) is 11.8. The van der Waals surface area contributed by atoms with Crippen LogP contribution in [0.25, 0.3) is 10.1 Å². The van der Waals surface area contributed by atoms with Gasteiger partial charge in [0.05, 0.1) is 28.4 Å². The molecule has 2 heterocycles. The second-order valence-electron chi connectivity index (χ2n) is 6.56. The van der Waals surface area contributed by atoms with E-state index in [1.165, 1.54) is 29.7 Å². The Morgan fingerprint density at radius 2 is 2.03 bits per heavy atom. The van der Waals surface area contributed by atoms with Gasteiger partial charge < -0.3 is 20.4 Å². The summed E-state index contributed by atoms with van der Waals surface area (Å²) in [7, 11) is 0. The van der Waals surface area contributed by atoms with Gasteiger partial charge in [-0.25, -0.2) is 9.18 Å². The summed E-state index contributed by atoms with van der Waals surface area (Å²) in [6.45, 7) is 3.39. The number of nitrogens with zero attached hydrogens (tertiary/aromatic N) is 2. The van der Waals surface area contributed by atoms with Crippen LogP contribution in [0.4, 0.5) is 14.2 Å². The van der Waals surface area contributed by atoms with Crippen LogP contribution < -0.4 is 5.32 Å². The first-order valence-corrected chi connectivity index (χ1v) is 9.87. The van der Waals surface area contributed by atoms with Gasteiger partial charge in [-0.05, 0) is 17.2 Å². The van der Waals surface area contributed by atoms with Gasteiger partial charge in [-0.3, -0.25) is 9.78 Å². The molecule has 0 aliphatic rings. The maximum atomic E-state index is 13.9. The van der Waals surface area contributed by atoms with E-state index in [1.807, 2.05) is 0 Å². The molecule has 0 unspecified atom stereocenters. The van der Waals surface area contributed by atoms with E-state index in [0.29, 0.717) is 26.2 Å². The minimum absolute atomic E-state index is 0.0631. The van der Waals surface area contributed by atoms with E-state index in [2.05, 4.69) is 16.9 Å². The van der Waals surface area contributed by atoms with Crippen LogP contribution in [0.5, 0.6) is 0 Å². The lowest BCUT2D eigenvalue weighted by Gasteiger charge is -2.24. The first-order chi connectivity index (χ1) is 14.4. The molecule has 3 aromatic rings. The fourth-order valence-corrected chi connectivity index (χ4v) is 3.95. The van der Waals surface area contributed by atoms with Gasteiger partial charge in [-0.1, -0.05) is 30.3 Å². The Morgan fingerprint density at radius 3 is 2.63 bits per heavy atom. The summed E-state index contributed by atoms with van der Waals surface area (Å²) in [4.78, 5) is 29.5. The summed E-state index contributed by atoms with van der Waals surface area (Å²) in [5.41, 5.74) is 1.26. The van der Waals surface area contributed by atoms with Crippen molar-refractivity contribution >= 4 is 38.4 Å². The third-order valence-electron chi connectivity index (χ3n) is 4.55. The third-order valence-corrected chi connectivity index (χ3v) is 5.53. The Morgan fingerprint density at radius 1 is 1.30 bits per heavy atom. The van der Waals surface area contributed by atoms with E-state index < -0.39 is 23.7 Å². The van der Waals surface area contributed by atoms with Crippen molar-refractivity contribution in [1.82, 2.24) is 9.88 Å². The number of anilines is 1. The van der Waals surface area contributed by atoms with Crippen LogP contribution in [0.2, 0.25) is 0 Å². The third kappa shape index (κ3) is 4.81. The summed E-state index contributed by atoms with van der Waals surface area (Å²) in [5, 5.41) is 22.2.